The Kier molecular flexibility index (Phi) is 5.53. The predicted octanol–water partition coefficient (Wildman–Crippen LogP) is 4.44. The van der Waals surface area contributed by atoms with Gasteiger partial charge in [-0.05, 0) is 18.6 Å². The third-order valence-electron chi connectivity index (χ3n) is 3.18. The number of hydrogen-bond acceptors (Lipinski definition) is 3. The second kappa shape index (κ2) is 7.59. The molecule has 0 N–H and O–H groups in total. The van der Waals surface area contributed by atoms with E-state index < -0.39 is 0 Å². The van der Waals surface area contributed by atoms with Crippen LogP contribution < -0.4 is 0 Å². The fraction of sp³-hybridized carbons (Fsp3) is 0.278. The standard InChI is InChI=1S/C16H14FN3.C2H6/c1-11-3-5-12(6-4-11)13-9-15(20-10-14(13)17)16-18-7-2-8-19-16;1-2/h3-7,9-10H,2,8H2,1H3;1-2H3. The van der Waals surface area contributed by atoms with Crippen molar-refractivity contribution in [3.05, 3.63) is 53.6 Å². The van der Waals surface area contributed by atoms with Crippen molar-refractivity contribution in [1.82, 2.24) is 4.98 Å². The summed E-state index contributed by atoms with van der Waals surface area (Å²) in [6, 6.07) is 9.45. The summed E-state index contributed by atoms with van der Waals surface area (Å²) in [6.45, 7) is 6.71. The van der Waals surface area contributed by atoms with Crippen LogP contribution in [0.5, 0.6) is 0 Å². The van der Waals surface area contributed by atoms with Gasteiger partial charge in [-0.15, -0.1) is 0 Å². The van der Waals surface area contributed by atoms with Gasteiger partial charge >= 0.3 is 0 Å². The first-order valence-electron chi connectivity index (χ1n) is 7.54. The maximum atomic E-state index is 14.0. The van der Waals surface area contributed by atoms with Crippen LogP contribution in [0, 0.1) is 12.7 Å². The highest BCUT2D eigenvalue weighted by Gasteiger charge is 2.11. The number of pyridine rings is 1. The third-order valence-corrected chi connectivity index (χ3v) is 3.18. The molecule has 0 saturated heterocycles. The minimum Gasteiger partial charge on any atom is -0.265 e. The number of aliphatic imine (C=N–C) groups is 2. The molecule has 0 saturated carbocycles. The molecule has 3 nitrogen and oxygen atoms in total. The van der Waals surface area contributed by atoms with Crippen molar-refractivity contribution in [2.24, 2.45) is 9.98 Å². The van der Waals surface area contributed by atoms with Crippen molar-refractivity contribution < 1.29 is 4.39 Å². The Labute approximate surface area is 130 Å². The van der Waals surface area contributed by atoms with Gasteiger partial charge in [0, 0.05) is 24.7 Å². The Morgan fingerprint density at radius 2 is 1.82 bits per heavy atom. The van der Waals surface area contributed by atoms with E-state index in [-0.39, 0.29) is 5.82 Å². The molecule has 2 aromatic rings. The second-order valence-corrected chi connectivity index (χ2v) is 4.72. The maximum Gasteiger partial charge on any atom is 0.173 e. The van der Waals surface area contributed by atoms with Gasteiger partial charge in [-0.25, -0.2) is 14.4 Å². The molecule has 0 unspecified atom stereocenters. The number of hydrogen-bond donors (Lipinski definition) is 0. The molecule has 1 aliphatic rings. The largest absolute Gasteiger partial charge is 0.265 e. The topological polar surface area (TPSA) is 37.6 Å². The van der Waals surface area contributed by atoms with Gasteiger partial charge in [0.25, 0.3) is 0 Å². The van der Waals surface area contributed by atoms with E-state index in [0.29, 0.717) is 23.6 Å². The molecule has 0 spiro atoms. The first-order chi connectivity index (χ1) is 10.7. The summed E-state index contributed by atoms with van der Waals surface area (Å²) in [4.78, 5) is 12.6. The van der Waals surface area contributed by atoms with Crippen LogP contribution >= 0.6 is 0 Å². The van der Waals surface area contributed by atoms with Crippen molar-refractivity contribution in [3.8, 4) is 11.1 Å². The van der Waals surface area contributed by atoms with Crippen LogP contribution in [-0.2, 0) is 0 Å². The van der Waals surface area contributed by atoms with Crippen LogP contribution in [-0.4, -0.2) is 23.6 Å². The molecule has 0 amide bonds. The van der Waals surface area contributed by atoms with Gasteiger partial charge in [-0.1, -0.05) is 43.7 Å². The molecule has 114 valence electrons. The molecule has 0 atom stereocenters. The summed E-state index contributed by atoms with van der Waals surface area (Å²) < 4.78 is 14.0. The van der Waals surface area contributed by atoms with Gasteiger partial charge in [-0.3, -0.25) is 4.99 Å². The summed E-state index contributed by atoms with van der Waals surface area (Å²) >= 11 is 0. The fourth-order valence-corrected chi connectivity index (χ4v) is 2.08. The van der Waals surface area contributed by atoms with Crippen LogP contribution in [0.1, 0.15) is 31.5 Å². The zero-order valence-corrected chi connectivity index (χ0v) is 13.2. The van der Waals surface area contributed by atoms with E-state index >= 15 is 0 Å². The Morgan fingerprint density at radius 3 is 2.45 bits per heavy atom. The van der Waals surface area contributed by atoms with Gasteiger partial charge < -0.3 is 0 Å². The molecule has 1 aliphatic heterocycles. The number of rotatable bonds is 2. The third kappa shape index (κ3) is 3.64. The van der Waals surface area contributed by atoms with E-state index in [0.717, 1.165) is 17.5 Å². The predicted molar refractivity (Wildman–Crippen MR) is 90.2 cm³/mol. The van der Waals surface area contributed by atoms with Crippen molar-refractivity contribution in [3.63, 3.8) is 0 Å². The number of aryl methyl sites for hydroxylation is 1. The van der Waals surface area contributed by atoms with E-state index in [1.807, 2.05) is 51.3 Å². The van der Waals surface area contributed by atoms with E-state index in [1.165, 1.54) is 6.20 Å². The zero-order valence-electron chi connectivity index (χ0n) is 13.2. The molecule has 22 heavy (non-hydrogen) atoms. The summed E-state index contributed by atoms with van der Waals surface area (Å²) in [5.41, 5.74) is 3.11. The molecular formula is C18H20FN3. The molecule has 0 aliphatic carbocycles. The fourth-order valence-electron chi connectivity index (χ4n) is 2.08. The van der Waals surface area contributed by atoms with E-state index in [1.54, 1.807) is 6.07 Å². The van der Waals surface area contributed by atoms with Crippen molar-refractivity contribution in [2.45, 2.75) is 27.2 Å². The Bertz CT molecular complexity index is 688. The number of nitrogens with zero attached hydrogens (tertiary/aromatic N) is 3. The van der Waals surface area contributed by atoms with Gasteiger partial charge in [-0.2, -0.15) is 0 Å². The molecule has 0 fully saturated rings. The molecule has 3 rings (SSSR count). The number of benzene rings is 1. The summed E-state index contributed by atoms with van der Waals surface area (Å²) in [5, 5.41) is 0. The molecule has 2 heterocycles. The monoisotopic (exact) mass is 297 g/mol. The lowest BCUT2D eigenvalue weighted by molar-refractivity contribution is 0.624. The van der Waals surface area contributed by atoms with Crippen LogP contribution in [0.25, 0.3) is 11.1 Å². The van der Waals surface area contributed by atoms with E-state index in [2.05, 4.69) is 15.0 Å². The second-order valence-electron chi connectivity index (χ2n) is 4.72. The Morgan fingerprint density at radius 1 is 1.09 bits per heavy atom. The highest BCUT2D eigenvalue weighted by molar-refractivity contribution is 6.03. The van der Waals surface area contributed by atoms with E-state index in [4.69, 9.17) is 0 Å². The lowest BCUT2D eigenvalue weighted by Gasteiger charge is -2.08. The van der Waals surface area contributed by atoms with Crippen LogP contribution in [0.2, 0.25) is 0 Å². The Balaban J connectivity index is 0.000000847. The van der Waals surface area contributed by atoms with Crippen molar-refractivity contribution >= 4 is 12.1 Å². The summed E-state index contributed by atoms with van der Waals surface area (Å²) in [7, 11) is 0. The molecule has 1 aromatic heterocycles. The number of aromatic nitrogens is 1. The lowest BCUT2D eigenvalue weighted by atomic mass is 10.0. The van der Waals surface area contributed by atoms with Crippen LogP contribution in [0.15, 0.2) is 46.5 Å². The summed E-state index contributed by atoms with van der Waals surface area (Å²) in [5.74, 6) is 0.239. The molecule has 4 heteroatoms. The average molecular weight is 297 g/mol. The first-order valence-corrected chi connectivity index (χ1v) is 7.54. The molecule has 0 radical (unpaired) electrons. The quantitative estimate of drug-likeness (QED) is 0.807. The minimum absolute atomic E-state index is 0.335. The van der Waals surface area contributed by atoms with E-state index in [9.17, 15) is 4.39 Å². The maximum absolute atomic E-state index is 14.0. The normalized spacial score (nSPS) is 13.2. The van der Waals surface area contributed by atoms with Gasteiger partial charge in [0.2, 0.25) is 0 Å². The lowest BCUT2D eigenvalue weighted by Crippen LogP contribution is -2.07. The average Bonchev–Trinajstić information content (AvgIpc) is 2.59. The van der Waals surface area contributed by atoms with Gasteiger partial charge in [0.1, 0.15) is 11.5 Å². The van der Waals surface area contributed by atoms with Crippen LogP contribution in [0.3, 0.4) is 0 Å². The first kappa shape index (κ1) is 16.0. The SMILES string of the molecule is CC.Cc1ccc(-c2cc(C3=NCCC=N3)ncc2F)cc1. The van der Waals surface area contributed by atoms with Crippen LogP contribution in [0.4, 0.5) is 4.39 Å². The highest BCUT2D eigenvalue weighted by Crippen LogP contribution is 2.24. The molecule has 0 bridgehead atoms. The van der Waals surface area contributed by atoms with Gasteiger partial charge in [0.05, 0.1) is 6.20 Å². The Hall–Kier alpha value is -2.36. The summed E-state index contributed by atoms with van der Waals surface area (Å²) in [6.07, 6.45) is 3.89. The van der Waals surface area contributed by atoms with Gasteiger partial charge in [0.15, 0.2) is 5.84 Å². The smallest absolute Gasteiger partial charge is 0.173 e. The number of amidine groups is 1. The highest BCUT2D eigenvalue weighted by atomic mass is 19.1. The molecular weight excluding hydrogens is 277 g/mol. The number of halogens is 1. The van der Waals surface area contributed by atoms with Crippen molar-refractivity contribution in [1.29, 1.82) is 0 Å². The van der Waals surface area contributed by atoms with Crippen molar-refractivity contribution in [2.75, 3.05) is 6.54 Å². The minimum atomic E-state index is -0.335. The molecule has 1 aromatic carbocycles. The zero-order chi connectivity index (χ0) is 15.9.